The number of Topliss-reactive ketones (excluding diaryl/α,β-unsaturated/α-hetero) is 1. The summed E-state index contributed by atoms with van der Waals surface area (Å²) >= 11 is 0. The smallest absolute Gasteiger partial charge is 0.166 e. The van der Waals surface area contributed by atoms with Gasteiger partial charge in [0.15, 0.2) is 5.78 Å². The minimum absolute atomic E-state index is 0.0364. The molecule has 1 heterocycles. The zero-order valence-electron chi connectivity index (χ0n) is 16.3. The SMILES string of the molecule is O=C(CC[C@H](O)CCC1Cc2ccccc2C1)c1cnn(-c2ccc(F)cc2)c1. The van der Waals surface area contributed by atoms with E-state index >= 15 is 0 Å². The zero-order valence-corrected chi connectivity index (χ0v) is 16.3. The molecule has 5 heteroatoms. The van der Waals surface area contributed by atoms with Gasteiger partial charge in [0, 0.05) is 12.6 Å². The van der Waals surface area contributed by atoms with Gasteiger partial charge in [0.1, 0.15) is 5.82 Å². The predicted molar refractivity (Wildman–Crippen MR) is 110 cm³/mol. The van der Waals surface area contributed by atoms with Gasteiger partial charge < -0.3 is 5.11 Å². The lowest BCUT2D eigenvalue weighted by molar-refractivity contribution is 0.0927. The highest BCUT2D eigenvalue weighted by Crippen LogP contribution is 2.30. The largest absolute Gasteiger partial charge is 0.393 e. The van der Waals surface area contributed by atoms with Crippen molar-refractivity contribution in [3.05, 3.63) is 83.4 Å². The molecular weight excluding hydrogens is 367 g/mol. The van der Waals surface area contributed by atoms with Crippen LogP contribution >= 0.6 is 0 Å². The van der Waals surface area contributed by atoms with Gasteiger partial charge in [-0.15, -0.1) is 0 Å². The van der Waals surface area contributed by atoms with E-state index in [1.165, 1.54) is 29.5 Å². The number of benzene rings is 2. The first-order valence-electron chi connectivity index (χ1n) is 10.2. The van der Waals surface area contributed by atoms with Gasteiger partial charge in [-0.25, -0.2) is 9.07 Å². The van der Waals surface area contributed by atoms with Crippen molar-refractivity contribution in [2.24, 2.45) is 5.92 Å². The van der Waals surface area contributed by atoms with Crippen LogP contribution in [0.25, 0.3) is 5.69 Å². The Hall–Kier alpha value is -2.79. The van der Waals surface area contributed by atoms with Crippen LogP contribution in [-0.2, 0) is 12.8 Å². The highest BCUT2D eigenvalue weighted by molar-refractivity contribution is 5.95. The van der Waals surface area contributed by atoms with E-state index in [-0.39, 0.29) is 11.6 Å². The van der Waals surface area contributed by atoms with Gasteiger partial charge in [-0.3, -0.25) is 4.79 Å². The molecular formula is C24H25FN2O2. The fourth-order valence-corrected chi connectivity index (χ4v) is 4.07. The summed E-state index contributed by atoms with van der Waals surface area (Å²) in [6.07, 6.45) is 7.34. The Morgan fingerprint density at radius 2 is 1.79 bits per heavy atom. The number of aliphatic hydroxyl groups is 1. The summed E-state index contributed by atoms with van der Waals surface area (Å²) in [6, 6.07) is 14.5. The molecule has 29 heavy (non-hydrogen) atoms. The van der Waals surface area contributed by atoms with E-state index in [2.05, 4.69) is 29.4 Å². The van der Waals surface area contributed by atoms with Crippen molar-refractivity contribution in [3.63, 3.8) is 0 Å². The summed E-state index contributed by atoms with van der Waals surface area (Å²) in [6.45, 7) is 0. The summed E-state index contributed by atoms with van der Waals surface area (Å²) < 4.78 is 14.6. The van der Waals surface area contributed by atoms with Crippen molar-refractivity contribution in [2.45, 2.75) is 44.6 Å². The third kappa shape index (κ3) is 4.80. The number of nitrogens with zero attached hydrogens (tertiary/aromatic N) is 2. The van der Waals surface area contributed by atoms with Gasteiger partial charge in [-0.1, -0.05) is 24.3 Å². The Morgan fingerprint density at radius 1 is 1.10 bits per heavy atom. The van der Waals surface area contributed by atoms with E-state index in [0.717, 1.165) is 25.7 Å². The molecule has 0 unspecified atom stereocenters. The van der Waals surface area contributed by atoms with Gasteiger partial charge in [0.25, 0.3) is 0 Å². The van der Waals surface area contributed by atoms with Gasteiger partial charge in [0.05, 0.1) is 23.6 Å². The first-order valence-corrected chi connectivity index (χ1v) is 10.2. The quantitative estimate of drug-likeness (QED) is 0.573. The fourth-order valence-electron chi connectivity index (χ4n) is 4.07. The van der Waals surface area contributed by atoms with E-state index in [9.17, 15) is 14.3 Å². The summed E-state index contributed by atoms with van der Waals surface area (Å²) in [7, 11) is 0. The molecule has 1 aromatic heterocycles. The van der Waals surface area contributed by atoms with E-state index in [1.54, 1.807) is 23.0 Å². The summed E-state index contributed by atoms with van der Waals surface area (Å²) in [5.74, 6) is 0.241. The molecule has 3 aromatic rings. The molecule has 1 N–H and O–H groups in total. The maximum Gasteiger partial charge on any atom is 0.166 e. The van der Waals surface area contributed by atoms with Crippen LogP contribution in [0, 0.1) is 11.7 Å². The summed E-state index contributed by atoms with van der Waals surface area (Å²) in [5.41, 5.74) is 4.07. The monoisotopic (exact) mass is 392 g/mol. The standard InChI is InChI=1S/C24H25FN2O2/c25-21-6-8-22(9-7-21)27-16-20(15-26-27)24(29)12-11-23(28)10-5-17-13-18-3-1-2-4-19(18)14-17/h1-4,6-9,15-17,23,28H,5,10-14H2/t23-/m1/s1. The van der Waals surface area contributed by atoms with Crippen molar-refractivity contribution in [3.8, 4) is 5.69 Å². The van der Waals surface area contributed by atoms with Crippen molar-refractivity contribution >= 4 is 5.78 Å². The molecule has 0 saturated carbocycles. The Kier molecular flexibility index (Phi) is 5.86. The van der Waals surface area contributed by atoms with Gasteiger partial charge >= 0.3 is 0 Å². The van der Waals surface area contributed by atoms with Crippen LogP contribution in [0.4, 0.5) is 4.39 Å². The number of carbonyl (C=O) groups is 1. The Bertz CT molecular complexity index is 956. The van der Waals surface area contributed by atoms with Gasteiger partial charge in [-0.2, -0.15) is 5.10 Å². The third-order valence-corrected chi connectivity index (χ3v) is 5.74. The van der Waals surface area contributed by atoms with E-state index in [1.807, 2.05) is 0 Å². The molecule has 1 aliphatic carbocycles. The predicted octanol–water partition coefficient (Wildman–Crippen LogP) is 4.53. The van der Waals surface area contributed by atoms with Crippen molar-refractivity contribution in [1.82, 2.24) is 9.78 Å². The van der Waals surface area contributed by atoms with E-state index in [0.29, 0.717) is 30.0 Å². The molecule has 2 aromatic carbocycles. The number of aliphatic hydroxyl groups excluding tert-OH is 1. The first kappa shape index (κ1) is 19.5. The molecule has 0 aliphatic heterocycles. The number of hydrogen-bond acceptors (Lipinski definition) is 3. The minimum atomic E-state index is -0.463. The van der Waals surface area contributed by atoms with Crippen LogP contribution in [0.3, 0.4) is 0 Å². The van der Waals surface area contributed by atoms with Crippen LogP contribution in [-0.4, -0.2) is 26.8 Å². The van der Waals surface area contributed by atoms with E-state index < -0.39 is 6.10 Å². The molecule has 0 amide bonds. The maximum absolute atomic E-state index is 13.0. The average Bonchev–Trinajstić information content (AvgIpc) is 3.38. The van der Waals surface area contributed by atoms with Crippen molar-refractivity contribution in [1.29, 1.82) is 0 Å². The summed E-state index contributed by atoms with van der Waals surface area (Å²) in [4.78, 5) is 12.4. The highest BCUT2D eigenvalue weighted by Gasteiger charge is 2.22. The lowest BCUT2D eigenvalue weighted by Crippen LogP contribution is -2.12. The zero-order chi connectivity index (χ0) is 20.2. The fraction of sp³-hybridized carbons (Fsp3) is 0.333. The molecule has 0 saturated heterocycles. The molecule has 0 bridgehead atoms. The molecule has 0 fully saturated rings. The highest BCUT2D eigenvalue weighted by atomic mass is 19.1. The third-order valence-electron chi connectivity index (χ3n) is 5.74. The lowest BCUT2D eigenvalue weighted by Gasteiger charge is -2.13. The average molecular weight is 392 g/mol. The summed E-state index contributed by atoms with van der Waals surface area (Å²) in [5, 5.41) is 14.5. The molecule has 4 nitrogen and oxygen atoms in total. The Morgan fingerprint density at radius 3 is 2.48 bits per heavy atom. The molecule has 0 spiro atoms. The van der Waals surface area contributed by atoms with Crippen LogP contribution in [0.2, 0.25) is 0 Å². The second kappa shape index (κ2) is 8.70. The molecule has 0 radical (unpaired) electrons. The number of ketones is 1. The molecule has 1 atom stereocenters. The second-order valence-electron chi connectivity index (χ2n) is 7.89. The van der Waals surface area contributed by atoms with Crippen LogP contribution in [0.1, 0.15) is 47.2 Å². The molecule has 4 rings (SSSR count). The van der Waals surface area contributed by atoms with Gasteiger partial charge in [0.2, 0.25) is 0 Å². The number of aromatic nitrogens is 2. The van der Waals surface area contributed by atoms with Crippen LogP contribution in [0.15, 0.2) is 60.9 Å². The van der Waals surface area contributed by atoms with Crippen LogP contribution in [0.5, 0.6) is 0 Å². The first-order chi connectivity index (χ1) is 14.1. The number of hydrogen-bond donors (Lipinski definition) is 1. The normalized spacial score (nSPS) is 14.7. The number of rotatable bonds is 8. The number of fused-ring (bicyclic) bond motifs is 1. The maximum atomic E-state index is 13.0. The number of halogens is 1. The number of carbonyl (C=O) groups excluding carboxylic acids is 1. The molecule has 150 valence electrons. The van der Waals surface area contributed by atoms with Crippen molar-refractivity contribution < 1.29 is 14.3 Å². The van der Waals surface area contributed by atoms with Gasteiger partial charge in [-0.05, 0) is 73.4 Å². The second-order valence-corrected chi connectivity index (χ2v) is 7.89. The van der Waals surface area contributed by atoms with Crippen LogP contribution < -0.4 is 0 Å². The topological polar surface area (TPSA) is 55.1 Å². The van der Waals surface area contributed by atoms with E-state index in [4.69, 9.17) is 0 Å². The minimum Gasteiger partial charge on any atom is -0.393 e. The Balaban J connectivity index is 1.23. The Labute approximate surface area is 170 Å². The van der Waals surface area contributed by atoms with Crippen molar-refractivity contribution in [2.75, 3.05) is 0 Å². The molecule has 1 aliphatic rings. The lowest BCUT2D eigenvalue weighted by atomic mass is 9.96.